The number of hydrogen-bond acceptors (Lipinski definition) is 6. The number of carbonyl (C=O) groups is 1. The maximum absolute atomic E-state index is 11.4. The Kier molecular flexibility index (Phi) is 6.90. The van der Waals surface area contributed by atoms with Gasteiger partial charge in [-0.15, -0.1) is 0 Å². The molecule has 6 nitrogen and oxygen atoms in total. The number of carboxylic acid groups (broad SMARTS) is 1. The SMILES string of the molecule is COc1ccc(Sc2cc(Cl)nc(N[C@@H](CC(C)C)C(=O)O)n2)cc1. The largest absolute Gasteiger partial charge is 0.497 e. The Morgan fingerprint density at radius 3 is 2.56 bits per heavy atom. The molecule has 0 spiro atoms. The van der Waals surface area contributed by atoms with E-state index < -0.39 is 12.0 Å². The molecule has 0 saturated heterocycles. The van der Waals surface area contributed by atoms with Gasteiger partial charge in [0.2, 0.25) is 5.95 Å². The topological polar surface area (TPSA) is 84.3 Å². The van der Waals surface area contributed by atoms with Crippen LogP contribution < -0.4 is 10.1 Å². The minimum Gasteiger partial charge on any atom is -0.497 e. The molecule has 8 heteroatoms. The lowest BCUT2D eigenvalue weighted by atomic mass is 10.0. The molecule has 0 aliphatic rings. The smallest absolute Gasteiger partial charge is 0.326 e. The number of aliphatic carboxylic acids is 1. The predicted molar refractivity (Wildman–Crippen MR) is 98.7 cm³/mol. The minimum atomic E-state index is -0.943. The summed E-state index contributed by atoms with van der Waals surface area (Å²) in [6.07, 6.45) is 0.464. The van der Waals surface area contributed by atoms with Crippen molar-refractivity contribution in [2.45, 2.75) is 36.2 Å². The molecule has 1 aromatic heterocycles. The molecule has 0 bridgehead atoms. The van der Waals surface area contributed by atoms with Crippen LogP contribution in [0.4, 0.5) is 5.95 Å². The zero-order valence-corrected chi connectivity index (χ0v) is 15.8. The van der Waals surface area contributed by atoms with Crippen molar-refractivity contribution in [1.82, 2.24) is 9.97 Å². The third-order valence-corrected chi connectivity index (χ3v) is 4.38. The third-order valence-electron chi connectivity index (χ3n) is 3.26. The number of methoxy groups -OCH3 is 1. The summed E-state index contributed by atoms with van der Waals surface area (Å²) < 4.78 is 5.13. The zero-order chi connectivity index (χ0) is 18.4. The van der Waals surface area contributed by atoms with Crippen molar-refractivity contribution in [3.8, 4) is 5.75 Å². The van der Waals surface area contributed by atoms with Crippen LogP contribution in [-0.2, 0) is 4.79 Å². The number of rotatable bonds is 8. The number of anilines is 1. The highest BCUT2D eigenvalue weighted by atomic mass is 35.5. The average molecular weight is 382 g/mol. The van der Waals surface area contributed by atoms with E-state index in [0.29, 0.717) is 11.4 Å². The number of ether oxygens (including phenoxy) is 1. The van der Waals surface area contributed by atoms with Crippen molar-refractivity contribution < 1.29 is 14.6 Å². The van der Waals surface area contributed by atoms with Gasteiger partial charge in [-0.2, -0.15) is 0 Å². The van der Waals surface area contributed by atoms with E-state index in [1.165, 1.54) is 11.8 Å². The molecule has 2 rings (SSSR count). The number of halogens is 1. The van der Waals surface area contributed by atoms with Crippen molar-refractivity contribution in [3.63, 3.8) is 0 Å². The maximum atomic E-state index is 11.4. The number of benzene rings is 1. The van der Waals surface area contributed by atoms with Gasteiger partial charge in [-0.3, -0.25) is 0 Å². The molecule has 1 aromatic carbocycles. The van der Waals surface area contributed by atoms with Crippen LogP contribution in [0.5, 0.6) is 5.75 Å². The molecule has 0 aliphatic carbocycles. The Morgan fingerprint density at radius 2 is 2.00 bits per heavy atom. The first-order valence-electron chi connectivity index (χ1n) is 7.73. The molecule has 0 fully saturated rings. The van der Waals surface area contributed by atoms with Gasteiger partial charge in [-0.05, 0) is 36.6 Å². The lowest BCUT2D eigenvalue weighted by molar-refractivity contribution is -0.138. The fraction of sp³-hybridized carbons (Fsp3) is 0.353. The summed E-state index contributed by atoms with van der Waals surface area (Å²) in [5.41, 5.74) is 0. The van der Waals surface area contributed by atoms with Gasteiger partial charge in [0.1, 0.15) is 22.0 Å². The number of nitrogens with one attached hydrogen (secondary N) is 1. The minimum absolute atomic E-state index is 0.205. The molecule has 2 N–H and O–H groups in total. The lowest BCUT2D eigenvalue weighted by Gasteiger charge is -2.16. The van der Waals surface area contributed by atoms with Crippen LogP contribution >= 0.6 is 23.4 Å². The highest BCUT2D eigenvalue weighted by molar-refractivity contribution is 7.99. The van der Waals surface area contributed by atoms with Crippen LogP contribution in [0.3, 0.4) is 0 Å². The summed E-state index contributed by atoms with van der Waals surface area (Å²) in [7, 11) is 1.61. The Morgan fingerprint density at radius 1 is 1.32 bits per heavy atom. The summed E-state index contributed by atoms with van der Waals surface area (Å²) in [6, 6.07) is 8.40. The van der Waals surface area contributed by atoms with Crippen molar-refractivity contribution >= 4 is 35.3 Å². The Balaban J connectivity index is 2.16. The second-order valence-electron chi connectivity index (χ2n) is 5.79. The van der Waals surface area contributed by atoms with Gasteiger partial charge < -0.3 is 15.2 Å². The molecule has 2 aromatic rings. The molecule has 0 saturated carbocycles. The predicted octanol–water partition coefficient (Wildman–Crippen LogP) is 4.20. The van der Waals surface area contributed by atoms with Gasteiger partial charge in [0, 0.05) is 11.0 Å². The first-order chi connectivity index (χ1) is 11.9. The van der Waals surface area contributed by atoms with Crippen LogP contribution in [0.1, 0.15) is 20.3 Å². The van der Waals surface area contributed by atoms with E-state index in [-0.39, 0.29) is 17.0 Å². The molecular weight excluding hydrogens is 362 g/mol. The maximum Gasteiger partial charge on any atom is 0.326 e. The summed E-state index contributed by atoms with van der Waals surface area (Å²) in [5.74, 6) is 0.254. The molecule has 25 heavy (non-hydrogen) atoms. The number of carboxylic acids is 1. The Bertz CT molecular complexity index is 726. The standard InChI is InChI=1S/C17H20ClN3O3S/c1-10(2)8-13(16(22)23)19-17-20-14(18)9-15(21-17)25-12-6-4-11(24-3)5-7-12/h4-7,9-10,13H,8H2,1-3H3,(H,22,23)(H,19,20,21)/t13-/m0/s1. The van der Waals surface area contributed by atoms with Crippen LogP contribution in [0.2, 0.25) is 5.15 Å². The van der Waals surface area contributed by atoms with Gasteiger partial charge in [0.05, 0.1) is 7.11 Å². The molecule has 0 radical (unpaired) electrons. The van der Waals surface area contributed by atoms with Crippen LogP contribution in [0.25, 0.3) is 0 Å². The molecule has 1 atom stereocenters. The molecule has 134 valence electrons. The molecule has 0 aliphatic heterocycles. The molecule has 0 unspecified atom stereocenters. The van der Waals surface area contributed by atoms with E-state index in [4.69, 9.17) is 16.3 Å². The Hall–Kier alpha value is -1.99. The van der Waals surface area contributed by atoms with E-state index in [9.17, 15) is 9.90 Å². The van der Waals surface area contributed by atoms with E-state index in [2.05, 4.69) is 15.3 Å². The van der Waals surface area contributed by atoms with Crippen molar-refractivity contribution in [3.05, 3.63) is 35.5 Å². The fourth-order valence-electron chi connectivity index (χ4n) is 2.13. The van der Waals surface area contributed by atoms with E-state index in [0.717, 1.165) is 10.6 Å². The summed E-state index contributed by atoms with van der Waals surface area (Å²) in [5, 5.41) is 13.1. The van der Waals surface area contributed by atoms with Crippen LogP contribution in [0.15, 0.2) is 40.3 Å². The molecular formula is C17H20ClN3O3S. The van der Waals surface area contributed by atoms with E-state index in [1.807, 2.05) is 38.1 Å². The zero-order valence-electron chi connectivity index (χ0n) is 14.2. The van der Waals surface area contributed by atoms with Crippen molar-refractivity contribution in [2.24, 2.45) is 5.92 Å². The van der Waals surface area contributed by atoms with E-state index in [1.54, 1.807) is 13.2 Å². The van der Waals surface area contributed by atoms with Crippen LogP contribution in [-0.4, -0.2) is 34.2 Å². The fourth-order valence-corrected chi connectivity index (χ4v) is 3.19. The van der Waals surface area contributed by atoms with Crippen molar-refractivity contribution in [2.75, 3.05) is 12.4 Å². The summed E-state index contributed by atoms with van der Waals surface area (Å²) in [4.78, 5) is 20.8. The number of nitrogens with zero attached hydrogens (tertiary/aromatic N) is 2. The molecule has 0 amide bonds. The second kappa shape index (κ2) is 8.92. The monoisotopic (exact) mass is 381 g/mol. The number of aromatic nitrogens is 2. The normalized spacial score (nSPS) is 12.0. The van der Waals surface area contributed by atoms with Gasteiger partial charge in [-0.1, -0.05) is 37.2 Å². The average Bonchev–Trinajstić information content (AvgIpc) is 2.54. The second-order valence-corrected chi connectivity index (χ2v) is 7.28. The summed E-state index contributed by atoms with van der Waals surface area (Å²) in [6.45, 7) is 3.92. The van der Waals surface area contributed by atoms with Gasteiger partial charge in [0.25, 0.3) is 0 Å². The highest BCUT2D eigenvalue weighted by Gasteiger charge is 2.20. The van der Waals surface area contributed by atoms with E-state index >= 15 is 0 Å². The Labute approximate surface area is 156 Å². The van der Waals surface area contributed by atoms with Crippen molar-refractivity contribution in [1.29, 1.82) is 0 Å². The van der Waals surface area contributed by atoms with Crippen LogP contribution in [0, 0.1) is 5.92 Å². The molecule has 1 heterocycles. The lowest BCUT2D eigenvalue weighted by Crippen LogP contribution is -2.31. The third kappa shape index (κ3) is 6.10. The number of hydrogen-bond donors (Lipinski definition) is 2. The quantitative estimate of drug-likeness (QED) is 0.663. The summed E-state index contributed by atoms with van der Waals surface area (Å²) >= 11 is 7.47. The first kappa shape index (κ1) is 19.3. The first-order valence-corrected chi connectivity index (χ1v) is 8.92. The van der Waals surface area contributed by atoms with Gasteiger partial charge in [-0.25, -0.2) is 14.8 Å². The van der Waals surface area contributed by atoms with Gasteiger partial charge >= 0.3 is 5.97 Å². The van der Waals surface area contributed by atoms with Gasteiger partial charge in [0.15, 0.2) is 0 Å². The highest BCUT2D eigenvalue weighted by Crippen LogP contribution is 2.29.